The normalized spacial score (nSPS) is 12.9. The second-order valence-electron chi connectivity index (χ2n) is 6.61. The van der Waals surface area contributed by atoms with E-state index >= 15 is 0 Å². The van der Waals surface area contributed by atoms with Gasteiger partial charge >= 0.3 is 0 Å². The van der Waals surface area contributed by atoms with E-state index in [0.717, 1.165) is 12.0 Å². The van der Waals surface area contributed by atoms with Crippen LogP contribution in [0, 0.1) is 10.1 Å². The molecule has 0 heterocycles. The van der Waals surface area contributed by atoms with Crippen LogP contribution in [-0.2, 0) is 22.2 Å². The van der Waals surface area contributed by atoms with Gasteiger partial charge in [-0.3, -0.25) is 10.1 Å². The fourth-order valence-corrected chi connectivity index (χ4v) is 3.91. The van der Waals surface area contributed by atoms with Crippen molar-refractivity contribution in [3.05, 3.63) is 75.3 Å². The van der Waals surface area contributed by atoms with Crippen molar-refractivity contribution in [3.8, 4) is 0 Å². The van der Waals surface area contributed by atoms with Gasteiger partial charge in [0.25, 0.3) is 5.69 Å². The summed E-state index contributed by atoms with van der Waals surface area (Å²) in [6.45, 7) is 2.33. The monoisotopic (exact) mass is 391 g/mol. The molecule has 1 N–H and O–H groups in total. The summed E-state index contributed by atoms with van der Waals surface area (Å²) in [6, 6.07) is 13.6. The molecule has 0 saturated heterocycles. The molecule has 2 aromatic carbocycles. The van der Waals surface area contributed by atoms with Crippen LogP contribution in [0.5, 0.6) is 0 Å². The number of aryl methyl sites for hydroxylation is 1. The van der Waals surface area contributed by atoms with E-state index in [1.54, 1.807) is 0 Å². The van der Waals surface area contributed by atoms with E-state index in [4.69, 9.17) is 0 Å². The highest BCUT2D eigenvalue weighted by Gasteiger charge is 2.19. The fraction of sp³-hybridized carbons (Fsp3) is 0.368. The maximum absolute atomic E-state index is 12.4. The number of likely N-dealkylation sites (N-methyl/N-ethyl adjacent to an activating group) is 1. The molecule has 8 heteroatoms. The Balaban J connectivity index is 2.05. The third kappa shape index (κ3) is 6.13. The molecule has 7 nitrogen and oxygen atoms in total. The summed E-state index contributed by atoms with van der Waals surface area (Å²) < 4.78 is 27.5. The molecule has 1 atom stereocenters. The Bertz CT molecular complexity index is 863. The van der Waals surface area contributed by atoms with Crippen LogP contribution >= 0.6 is 0 Å². The Morgan fingerprint density at radius 1 is 1.04 bits per heavy atom. The third-order valence-corrected chi connectivity index (χ3v) is 5.72. The smallest absolute Gasteiger partial charge is 0.269 e. The van der Waals surface area contributed by atoms with Gasteiger partial charge in [-0.2, -0.15) is 0 Å². The SMILES string of the molecule is CCc1ccc(C(CNS(=O)(=O)Cc2ccc([N+](=O)[O-])cc2)N(C)C)cc1. The first-order valence-corrected chi connectivity index (χ1v) is 10.3. The number of hydrogen-bond donors (Lipinski definition) is 1. The molecule has 0 aliphatic heterocycles. The molecule has 2 aromatic rings. The molecule has 0 aromatic heterocycles. The lowest BCUT2D eigenvalue weighted by Gasteiger charge is -2.25. The van der Waals surface area contributed by atoms with E-state index in [1.807, 2.05) is 31.1 Å². The average Bonchev–Trinajstić information content (AvgIpc) is 2.62. The second kappa shape index (κ2) is 9.07. The minimum Gasteiger partial charge on any atom is -0.301 e. The van der Waals surface area contributed by atoms with Crippen molar-refractivity contribution in [2.24, 2.45) is 0 Å². The minimum absolute atomic E-state index is 0.0627. The van der Waals surface area contributed by atoms with Crippen LogP contribution in [0.3, 0.4) is 0 Å². The highest BCUT2D eigenvalue weighted by Crippen LogP contribution is 2.19. The van der Waals surface area contributed by atoms with E-state index < -0.39 is 14.9 Å². The van der Waals surface area contributed by atoms with E-state index in [-0.39, 0.29) is 24.0 Å². The van der Waals surface area contributed by atoms with Crippen LogP contribution in [0.1, 0.15) is 29.7 Å². The van der Waals surface area contributed by atoms with Gasteiger partial charge in [-0.25, -0.2) is 13.1 Å². The molecule has 0 aliphatic rings. The summed E-state index contributed by atoms with van der Waals surface area (Å²) in [7, 11) is 0.248. The largest absolute Gasteiger partial charge is 0.301 e. The Morgan fingerprint density at radius 2 is 1.59 bits per heavy atom. The highest BCUT2D eigenvalue weighted by molar-refractivity contribution is 7.88. The minimum atomic E-state index is -3.56. The van der Waals surface area contributed by atoms with Crippen LogP contribution in [0.2, 0.25) is 0 Å². The number of sulfonamides is 1. The van der Waals surface area contributed by atoms with Crippen LogP contribution in [0.4, 0.5) is 5.69 Å². The molecule has 2 rings (SSSR count). The van der Waals surface area contributed by atoms with Gasteiger partial charge in [-0.1, -0.05) is 43.3 Å². The maximum Gasteiger partial charge on any atom is 0.269 e. The quantitative estimate of drug-likeness (QED) is 0.524. The number of nitrogens with one attached hydrogen (secondary N) is 1. The molecule has 1 unspecified atom stereocenters. The molecular weight excluding hydrogens is 366 g/mol. The molecule has 0 radical (unpaired) electrons. The molecular formula is C19H25N3O4S. The molecule has 0 spiro atoms. The topological polar surface area (TPSA) is 92.5 Å². The van der Waals surface area contributed by atoms with E-state index in [1.165, 1.54) is 29.8 Å². The number of benzene rings is 2. The van der Waals surface area contributed by atoms with Gasteiger partial charge in [0.2, 0.25) is 10.0 Å². The summed E-state index contributed by atoms with van der Waals surface area (Å²) in [5, 5.41) is 10.7. The fourth-order valence-electron chi connectivity index (χ4n) is 2.76. The molecule has 0 fully saturated rings. The van der Waals surface area contributed by atoms with Crippen LogP contribution in [0.25, 0.3) is 0 Å². The summed E-state index contributed by atoms with van der Waals surface area (Å²) in [6.07, 6.45) is 0.953. The van der Waals surface area contributed by atoms with Crippen molar-refractivity contribution >= 4 is 15.7 Å². The third-order valence-electron chi connectivity index (χ3n) is 4.40. The van der Waals surface area contributed by atoms with Crippen molar-refractivity contribution in [1.29, 1.82) is 0 Å². The number of hydrogen-bond acceptors (Lipinski definition) is 5. The number of nitrogens with zero attached hydrogens (tertiary/aromatic N) is 2. The molecule has 0 amide bonds. The first-order valence-electron chi connectivity index (χ1n) is 8.67. The Kier molecular flexibility index (Phi) is 7.06. The summed E-state index contributed by atoms with van der Waals surface area (Å²) in [4.78, 5) is 12.1. The maximum atomic E-state index is 12.4. The first kappa shape index (κ1) is 21.0. The number of nitro benzene ring substituents is 1. The van der Waals surface area contributed by atoms with E-state index in [2.05, 4.69) is 23.8 Å². The van der Waals surface area contributed by atoms with Crippen LogP contribution in [-0.4, -0.2) is 38.9 Å². The van der Waals surface area contributed by atoms with Gasteiger partial charge in [-0.15, -0.1) is 0 Å². The van der Waals surface area contributed by atoms with Gasteiger partial charge in [0.15, 0.2) is 0 Å². The summed E-state index contributed by atoms with van der Waals surface area (Å²) in [5.41, 5.74) is 2.71. The van der Waals surface area contributed by atoms with E-state index in [0.29, 0.717) is 5.56 Å². The molecule has 146 valence electrons. The van der Waals surface area contributed by atoms with Crippen molar-refractivity contribution in [2.45, 2.75) is 25.1 Å². The van der Waals surface area contributed by atoms with Gasteiger partial charge < -0.3 is 4.90 Å². The van der Waals surface area contributed by atoms with E-state index in [9.17, 15) is 18.5 Å². The lowest BCUT2D eigenvalue weighted by atomic mass is 10.0. The van der Waals surface area contributed by atoms with Crippen LogP contribution in [0.15, 0.2) is 48.5 Å². The highest BCUT2D eigenvalue weighted by atomic mass is 32.2. The van der Waals surface area contributed by atoms with Gasteiger partial charge in [-0.05, 0) is 37.2 Å². The predicted molar refractivity (Wildman–Crippen MR) is 106 cm³/mol. The van der Waals surface area contributed by atoms with Crippen molar-refractivity contribution in [2.75, 3.05) is 20.6 Å². The number of nitro groups is 1. The van der Waals surface area contributed by atoms with Crippen molar-refractivity contribution in [3.63, 3.8) is 0 Å². The predicted octanol–water partition coefficient (Wildman–Crippen LogP) is 2.88. The van der Waals surface area contributed by atoms with Gasteiger partial charge in [0.1, 0.15) is 0 Å². The standard InChI is InChI=1S/C19H25N3O4S/c1-4-15-5-9-17(10-6-15)19(21(2)3)13-20-27(25,26)14-16-7-11-18(12-8-16)22(23)24/h5-12,19-20H,4,13-14H2,1-3H3. The zero-order valence-electron chi connectivity index (χ0n) is 15.8. The zero-order chi connectivity index (χ0) is 20.0. The Labute approximate surface area is 160 Å². The molecule has 0 bridgehead atoms. The molecule has 0 aliphatic carbocycles. The molecule has 27 heavy (non-hydrogen) atoms. The van der Waals surface area contributed by atoms with Gasteiger partial charge in [0.05, 0.1) is 10.7 Å². The van der Waals surface area contributed by atoms with Gasteiger partial charge in [0, 0.05) is 24.7 Å². The van der Waals surface area contributed by atoms with Crippen molar-refractivity contribution < 1.29 is 13.3 Å². The lowest BCUT2D eigenvalue weighted by Crippen LogP contribution is -2.35. The van der Waals surface area contributed by atoms with Crippen LogP contribution < -0.4 is 4.72 Å². The first-order chi connectivity index (χ1) is 12.7. The number of non-ortho nitro benzene ring substituents is 1. The average molecular weight is 391 g/mol. The Hall–Kier alpha value is -2.29. The van der Waals surface area contributed by atoms with Crippen molar-refractivity contribution in [1.82, 2.24) is 9.62 Å². The lowest BCUT2D eigenvalue weighted by molar-refractivity contribution is -0.384. The second-order valence-corrected chi connectivity index (χ2v) is 8.41. The Morgan fingerprint density at radius 3 is 2.07 bits per heavy atom. The number of rotatable bonds is 9. The summed E-state index contributed by atoms with van der Waals surface area (Å²) in [5.74, 6) is -0.222. The molecule has 0 saturated carbocycles. The zero-order valence-corrected chi connectivity index (χ0v) is 16.6. The summed E-state index contributed by atoms with van der Waals surface area (Å²) >= 11 is 0.